The molecular formula is C36H36N6S3. The van der Waals surface area contributed by atoms with Gasteiger partial charge in [-0.1, -0.05) is 71.7 Å². The van der Waals surface area contributed by atoms with Crippen molar-refractivity contribution in [2.45, 2.75) is 55.9 Å². The number of benzene rings is 4. The third kappa shape index (κ3) is 5.15. The van der Waals surface area contributed by atoms with Crippen LogP contribution in [0.4, 0.5) is 0 Å². The van der Waals surface area contributed by atoms with Gasteiger partial charge in [0.25, 0.3) is 0 Å². The Morgan fingerprint density at radius 3 is 0.978 bits per heavy atom. The Labute approximate surface area is 276 Å². The van der Waals surface area contributed by atoms with Crippen LogP contribution >= 0.6 is 35.3 Å². The van der Waals surface area contributed by atoms with E-state index in [9.17, 15) is 0 Å². The Morgan fingerprint density at radius 2 is 0.711 bits per heavy atom. The predicted molar refractivity (Wildman–Crippen MR) is 193 cm³/mol. The highest BCUT2D eigenvalue weighted by molar-refractivity contribution is 7.98. The molecule has 45 heavy (non-hydrogen) atoms. The molecule has 228 valence electrons. The predicted octanol–water partition coefficient (Wildman–Crippen LogP) is 8.97. The van der Waals surface area contributed by atoms with Crippen molar-refractivity contribution in [3.8, 4) is 0 Å². The van der Waals surface area contributed by atoms with Gasteiger partial charge in [0.05, 0.1) is 52.7 Å². The van der Waals surface area contributed by atoms with E-state index in [0.29, 0.717) is 0 Å². The van der Waals surface area contributed by atoms with Crippen molar-refractivity contribution in [2.24, 2.45) is 0 Å². The summed E-state index contributed by atoms with van der Waals surface area (Å²) < 4.78 is 7.16. The summed E-state index contributed by atoms with van der Waals surface area (Å²) in [5.41, 5.74) is 14.7. The van der Waals surface area contributed by atoms with Crippen LogP contribution in [0.3, 0.4) is 0 Å². The number of hydrogen-bond acceptors (Lipinski definition) is 6. The molecule has 9 heteroatoms. The van der Waals surface area contributed by atoms with Gasteiger partial charge in [0.1, 0.15) is 0 Å². The minimum atomic E-state index is 0.759. The Hall–Kier alpha value is -3.66. The molecule has 4 aromatic carbocycles. The van der Waals surface area contributed by atoms with Crippen LogP contribution in [-0.2, 0) is 19.6 Å². The van der Waals surface area contributed by atoms with Crippen LogP contribution in [0.15, 0.2) is 88.3 Å². The molecule has 7 rings (SSSR count). The molecule has 0 aliphatic heterocycles. The van der Waals surface area contributed by atoms with Crippen LogP contribution in [0.5, 0.6) is 0 Å². The summed E-state index contributed by atoms with van der Waals surface area (Å²) in [7, 11) is 0. The molecular weight excluding hydrogens is 613 g/mol. The van der Waals surface area contributed by atoms with Gasteiger partial charge in [0.15, 0.2) is 15.5 Å². The summed E-state index contributed by atoms with van der Waals surface area (Å²) in [5.74, 6) is 0. The van der Waals surface area contributed by atoms with Crippen LogP contribution in [0.25, 0.3) is 33.1 Å². The highest BCUT2D eigenvalue weighted by Crippen LogP contribution is 2.35. The second kappa shape index (κ2) is 12.3. The Kier molecular flexibility index (Phi) is 8.18. The molecule has 0 fully saturated rings. The van der Waals surface area contributed by atoms with Crippen molar-refractivity contribution in [1.29, 1.82) is 0 Å². The smallest absolute Gasteiger partial charge is 0.169 e. The maximum absolute atomic E-state index is 4.98. The van der Waals surface area contributed by atoms with E-state index in [2.05, 4.69) is 126 Å². The van der Waals surface area contributed by atoms with Gasteiger partial charge in [-0.05, 0) is 109 Å². The highest BCUT2D eigenvalue weighted by Gasteiger charge is 2.23. The van der Waals surface area contributed by atoms with E-state index in [1.165, 1.54) is 49.9 Å². The normalized spacial score (nSPS) is 11.9. The Bertz CT molecular complexity index is 1940. The first-order chi connectivity index (χ1) is 21.9. The molecule has 0 unspecified atom stereocenters. The molecule has 0 N–H and O–H groups in total. The molecule has 0 aliphatic rings. The van der Waals surface area contributed by atoms with Crippen molar-refractivity contribution in [1.82, 2.24) is 28.7 Å². The molecule has 0 saturated heterocycles. The van der Waals surface area contributed by atoms with Gasteiger partial charge in [-0.2, -0.15) is 0 Å². The van der Waals surface area contributed by atoms with Gasteiger partial charge >= 0.3 is 0 Å². The summed E-state index contributed by atoms with van der Waals surface area (Å²) in [6, 6.07) is 25.4. The summed E-state index contributed by atoms with van der Waals surface area (Å²) in [6.45, 7) is 9.21. The Balaban J connectivity index is 1.45. The molecule has 3 heterocycles. The minimum absolute atomic E-state index is 0.759. The largest absolute Gasteiger partial charge is 0.314 e. The van der Waals surface area contributed by atoms with E-state index in [1.807, 2.05) is 0 Å². The first-order valence-corrected chi connectivity index (χ1v) is 18.7. The average Bonchev–Trinajstić information content (AvgIpc) is 3.73. The van der Waals surface area contributed by atoms with E-state index in [0.717, 1.165) is 51.7 Å². The van der Waals surface area contributed by atoms with Gasteiger partial charge in [-0.25, -0.2) is 15.0 Å². The average molecular weight is 649 g/mol. The van der Waals surface area contributed by atoms with E-state index >= 15 is 0 Å². The lowest BCUT2D eigenvalue weighted by molar-refractivity contribution is 0.687. The topological polar surface area (TPSA) is 53.5 Å². The third-order valence-corrected chi connectivity index (χ3v) is 11.1. The lowest BCUT2D eigenvalue weighted by atomic mass is 9.87. The van der Waals surface area contributed by atoms with Gasteiger partial charge < -0.3 is 13.7 Å². The standard InChI is InChI=1S/C36H36N6S3/c1-22-25(19-40-31-16-10-7-13-28(31)37-34(40)43-4)23(2)27(21-42-33-18-12-9-15-30(33)39-36(42)45-6)24(3)26(22)20-41-32-17-11-8-14-29(32)38-35(41)44-5/h7-18H,19-21H2,1-6H3. The molecule has 0 bridgehead atoms. The van der Waals surface area contributed by atoms with E-state index in [-0.39, 0.29) is 0 Å². The molecule has 3 aromatic heterocycles. The zero-order valence-electron chi connectivity index (χ0n) is 26.5. The number of hydrogen-bond donors (Lipinski definition) is 0. The van der Waals surface area contributed by atoms with Gasteiger partial charge in [-0.15, -0.1) is 0 Å². The monoisotopic (exact) mass is 648 g/mol. The van der Waals surface area contributed by atoms with Crippen LogP contribution in [-0.4, -0.2) is 47.4 Å². The number of fused-ring (bicyclic) bond motifs is 3. The maximum atomic E-state index is 4.98. The van der Waals surface area contributed by atoms with Crippen molar-refractivity contribution >= 4 is 68.4 Å². The lowest BCUT2D eigenvalue weighted by Gasteiger charge is -2.25. The first kappa shape index (κ1) is 30.0. The van der Waals surface area contributed by atoms with Crippen LogP contribution in [0, 0.1) is 20.8 Å². The van der Waals surface area contributed by atoms with E-state index in [4.69, 9.17) is 15.0 Å². The fourth-order valence-corrected chi connectivity index (χ4v) is 8.38. The van der Waals surface area contributed by atoms with Crippen molar-refractivity contribution in [2.75, 3.05) is 18.8 Å². The van der Waals surface area contributed by atoms with Gasteiger partial charge in [-0.3, -0.25) is 0 Å². The molecule has 0 aliphatic carbocycles. The minimum Gasteiger partial charge on any atom is -0.314 e. The van der Waals surface area contributed by atoms with Crippen LogP contribution in [0.1, 0.15) is 33.4 Å². The number of para-hydroxylation sites is 6. The van der Waals surface area contributed by atoms with Crippen molar-refractivity contribution < 1.29 is 0 Å². The fourth-order valence-electron chi connectivity index (χ4n) is 6.66. The summed E-state index contributed by atoms with van der Waals surface area (Å²) >= 11 is 5.12. The molecule has 0 saturated carbocycles. The zero-order valence-corrected chi connectivity index (χ0v) is 28.9. The zero-order chi connectivity index (χ0) is 31.2. The summed E-state index contributed by atoms with van der Waals surface area (Å²) in [5, 5.41) is 3.11. The molecule has 0 atom stereocenters. The fraction of sp³-hybridized carbons (Fsp3) is 0.250. The summed E-state index contributed by atoms with van der Waals surface area (Å²) in [4.78, 5) is 14.9. The molecule has 7 aromatic rings. The van der Waals surface area contributed by atoms with E-state index in [1.54, 1.807) is 35.3 Å². The molecule has 0 radical (unpaired) electrons. The second-order valence-electron chi connectivity index (χ2n) is 11.3. The molecule has 6 nitrogen and oxygen atoms in total. The first-order valence-electron chi connectivity index (χ1n) is 15.0. The van der Waals surface area contributed by atoms with Gasteiger partial charge in [0, 0.05) is 0 Å². The number of rotatable bonds is 9. The highest BCUT2D eigenvalue weighted by atomic mass is 32.2. The molecule has 0 spiro atoms. The van der Waals surface area contributed by atoms with Crippen LogP contribution in [0.2, 0.25) is 0 Å². The maximum Gasteiger partial charge on any atom is 0.169 e. The SMILES string of the molecule is CSc1nc2ccccc2n1Cc1c(C)c(Cn2c(SC)nc3ccccc32)c(C)c(Cn2c(SC)nc3ccccc32)c1C. The van der Waals surface area contributed by atoms with Gasteiger partial charge in [0.2, 0.25) is 0 Å². The quantitative estimate of drug-likeness (QED) is 0.146. The third-order valence-electron chi connectivity index (χ3n) is 9.07. The Morgan fingerprint density at radius 1 is 0.444 bits per heavy atom. The lowest BCUT2D eigenvalue weighted by Crippen LogP contribution is -2.16. The van der Waals surface area contributed by atoms with E-state index < -0.39 is 0 Å². The van der Waals surface area contributed by atoms with Crippen LogP contribution < -0.4 is 0 Å². The number of imidazole rings is 3. The molecule has 0 amide bonds. The number of nitrogens with zero attached hydrogens (tertiary/aromatic N) is 6. The number of aromatic nitrogens is 6. The van der Waals surface area contributed by atoms with Crippen molar-refractivity contribution in [3.63, 3.8) is 0 Å². The second-order valence-corrected chi connectivity index (χ2v) is 13.7. The summed E-state index contributed by atoms with van der Waals surface area (Å²) in [6.07, 6.45) is 6.35. The number of thioether (sulfide) groups is 3. The van der Waals surface area contributed by atoms with Crippen molar-refractivity contribution in [3.05, 3.63) is 106 Å².